The zero-order valence-corrected chi connectivity index (χ0v) is 18.8. The van der Waals surface area contributed by atoms with E-state index in [0.29, 0.717) is 11.8 Å². The van der Waals surface area contributed by atoms with Gasteiger partial charge in [-0.25, -0.2) is 12.8 Å². The summed E-state index contributed by atoms with van der Waals surface area (Å²) in [5.74, 6) is -0.308. The molecular weight excluding hydrogens is 447 g/mol. The fraction of sp³-hybridized carbons (Fsp3) is 0.381. The van der Waals surface area contributed by atoms with Gasteiger partial charge in [0.1, 0.15) is 12.4 Å². The molecule has 0 atom stereocenters. The first-order valence-electron chi connectivity index (χ1n) is 9.79. The third-order valence-electron chi connectivity index (χ3n) is 4.89. The predicted molar refractivity (Wildman–Crippen MR) is 120 cm³/mol. The van der Waals surface area contributed by atoms with E-state index in [2.05, 4.69) is 5.32 Å². The molecule has 162 valence electrons. The molecule has 1 saturated carbocycles. The summed E-state index contributed by atoms with van der Waals surface area (Å²) in [5, 5.41) is 3.22. The molecule has 5 nitrogen and oxygen atoms in total. The number of halogens is 2. The predicted octanol–water partition coefficient (Wildman–Crippen LogP) is 4.47. The molecule has 1 fully saturated rings. The molecule has 2 aromatic rings. The molecule has 0 bridgehead atoms. The average Bonchev–Trinajstić information content (AvgIpc) is 3.26. The van der Waals surface area contributed by atoms with Gasteiger partial charge in [-0.3, -0.25) is 9.10 Å². The van der Waals surface area contributed by atoms with Crippen LogP contribution in [0.5, 0.6) is 0 Å². The molecule has 3 rings (SSSR count). The SMILES string of the molecule is O=C(CN(c1ccc(F)c(Cl)c1)S(=O)(=O)c1ccccc1)NCCSC1CCCC1. The number of rotatable bonds is 9. The van der Waals surface area contributed by atoms with E-state index in [1.54, 1.807) is 18.2 Å². The zero-order chi connectivity index (χ0) is 21.6. The quantitative estimate of drug-likeness (QED) is 0.549. The molecule has 1 aliphatic rings. The van der Waals surface area contributed by atoms with E-state index in [4.69, 9.17) is 11.6 Å². The second kappa shape index (κ2) is 10.5. The zero-order valence-electron chi connectivity index (χ0n) is 16.4. The summed E-state index contributed by atoms with van der Waals surface area (Å²) in [4.78, 5) is 12.6. The van der Waals surface area contributed by atoms with Crippen molar-refractivity contribution >= 4 is 45.0 Å². The van der Waals surface area contributed by atoms with Crippen molar-refractivity contribution in [3.63, 3.8) is 0 Å². The van der Waals surface area contributed by atoms with Crippen molar-refractivity contribution in [2.75, 3.05) is 23.1 Å². The number of anilines is 1. The van der Waals surface area contributed by atoms with Gasteiger partial charge in [-0.2, -0.15) is 11.8 Å². The number of thioether (sulfide) groups is 1. The van der Waals surface area contributed by atoms with Crippen molar-refractivity contribution in [2.45, 2.75) is 35.8 Å². The molecular formula is C21H24ClFN2O3S2. The Labute approximate surface area is 186 Å². The average molecular weight is 471 g/mol. The van der Waals surface area contributed by atoms with Crippen molar-refractivity contribution in [2.24, 2.45) is 0 Å². The Morgan fingerprint density at radius 2 is 1.87 bits per heavy atom. The number of hydrogen-bond acceptors (Lipinski definition) is 4. The Morgan fingerprint density at radius 1 is 1.17 bits per heavy atom. The summed E-state index contributed by atoms with van der Waals surface area (Å²) >= 11 is 7.70. The molecule has 30 heavy (non-hydrogen) atoms. The van der Waals surface area contributed by atoms with E-state index in [9.17, 15) is 17.6 Å². The van der Waals surface area contributed by atoms with E-state index < -0.39 is 28.3 Å². The third kappa shape index (κ3) is 5.89. The Morgan fingerprint density at radius 3 is 2.53 bits per heavy atom. The topological polar surface area (TPSA) is 66.5 Å². The highest BCUT2D eigenvalue weighted by Crippen LogP contribution is 2.29. The third-order valence-corrected chi connectivity index (χ3v) is 8.35. The fourth-order valence-corrected chi connectivity index (χ4v) is 6.16. The van der Waals surface area contributed by atoms with Crippen LogP contribution >= 0.6 is 23.4 Å². The molecule has 0 aromatic heterocycles. The summed E-state index contributed by atoms with van der Waals surface area (Å²) < 4.78 is 40.9. The minimum absolute atomic E-state index is 0.0371. The van der Waals surface area contributed by atoms with Crippen LogP contribution in [0, 0.1) is 5.82 Å². The first-order chi connectivity index (χ1) is 14.4. The maximum Gasteiger partial charge on any atom is 0.264 e. The van der Waals surface area contributed by atoms with Gasteiger partial charge < -0.3 is 5.32 Å². The van der Waals surface area contributed by atoms with E-state index in [0.717, 1.165) is 16.1 Å². The highest BCUT2D eigenvalue weighted by Gasteiger charge is 2.27. The molecule has 0 spiro atoms. The van der Waals surface area contributed by atoms with Gasteiger partial charge in [0.05, 0.1) is 15.6 Å². The van der Waals surface area contributed by atoms with Gasteiger partial charge in [0.2, 0.25) is 5.91 Å². The molecule has 0 saturated heterocycles. The maximum absolute atomic E-state index is 13.6. The van der Waals surface area contributed by atoms with Crippen LogP contribution in [0.15, 0.2) is 53.4 Å². The highest BCUT2D eigenvalue weighted by molar-refractivity contribution is 7.99. The van der Waals surface area contributed by atoms with Crippen molar-refractivity contribution in [1.29, 1.82) is 0 Å². The van der Waals surface area contributed by atoms with Crippen LogP contribution in [0.2, 0.25) is 5.02 Å². The van der Waals surface area contributed by atoms with Crippen molar-refractivity contribution < 1.29 is 17.6 Å². The minimum Gasteiger partial charge on any atom is -0.354 e. The van der Waals surface area contributed by atoms with Crippen LogP contribution in [0.25, 0.3) is 0 Å². The van der Waals surface area contributed by atoms with Gasteiger partial charge in [-0.15, -0.1) is 0 Å². The van der Waals surface area contributed by atoms with Crippen LogP contribution in [0.4, 0.5) is 10.1 Å². The van der Waals surface area contributed by atoms with Gasteiger partial charge in [-0.05, 0) is 43.2 Å². The lowest BCUT2D eigenvalue weighted by Gasteiger charge is -2.24. The standard InChI is InChI=1S/C21H24ClFN2O3S2/c22-19-14-16(10-11-20(19)23)25(30(27,28)18-8-2-1-3-9-18)15-21(26)24-12-13-29-17-6-4-5-7-17/h1-3,8-11,14,17H,4-7,12-13,15H2,(H,24,26). The van der Waals surface area contributed by atoms with E-state index in [1.165, 1.54) is 49.9 Å². The molecule has 9 heteroatoms. The molecule has 1 amide bonds. The summed E-state index contributed by atoms with van der Waals surface area (Å²) in [6.45, 7) is 0.0384. The Hall–Kier alpha value is -1.77. The number of hydrogen-bond donors (Lipinski definition) is 1. The van der Waals surface area contributed by atoms with Crippen LogP contribution in [0.1, 0.15) is 25.7 Å². The van der Waals surface area contributed by atoms with Gasteiger partial charge in [0.15, 0.2) is 0 Å². The van der Waals surface area contributed by atoms with Gasteiger partial charge in [0.25, 0.3) is 10.0 Å². The number of nitrogens with one attached hydrogen (secondary N) is 1. The molecule has 1 N–H and O–H groups in total. The number of sulfonamides is 1. The van der Waals surface area contributed by atoms with Gasteiger partial charge in [-0.1, -0.05) is 42.6 Å². The second-order valence-electron chi connectivity index (χ2n) is 7.05. The first kappa shape index (κ1) is 22.9. The van der Waals surface area contributed by atoms with Crippen LogP contribution in [0.3, 0.4) is 0 Å². The van der Waals surface area contributed by atoms with Crippen LogP contribution < -0.4 is 9.62 Å². The second-order valence-corrected chi connectivity index (χ2v) is 10.7. The first-order valence-corrected chi connectivity index (χ1v) is 12.7. The van der Waals surface area contributed by atoms with Crippen molar-refractivity contribution in [1.82, 2.24) is 5.32 Å². The van der Waals surface area contributed by atoms with Crippen LogP contribution in [-0.2, 0) is 14.8 Å². The molecule has 1 aliphatic carbocycles. The number of carbonyl (C=O) groups is 1. The Kier molecular flexibility index (Phi) is 8.02. The van der Waals surface area contributed by atoms with E-state index >= 15 is 0 Å². The van der Waals surface area contributed by atoms with Gasteiger partial charge in [0, 0.05) is 17.5 Å². The lowest BCUT2D eigenvalue weighted by Crippen LogP contribution is -2.41. The van der Waals surface area contributed by atoms with Crippen LogP contribution in [-0.4, -0.2) is 38.4 Å². The summed E-state index contributed by atoms with van der Waals surface area (Å²) in [6.07, 6.45) is 4.95. The lowest BCUT2D eigenvalue weighted by atomic mass is 10.3. The van der Waals surface area contributed by atoms with Crippen molar-refractivity contribution in [3.05, 3.63) is 59.4 Å². The Balaban J connectivity index is 1.72. The summed E-state index contributed by atoms with van der Waals surface area (Å²) in [5.41, 5.74) is 0.126. The van der Waals surface area contributed by atoms with Crippen molar-refractivity contribution in [3.8, 4) is 0 Å². The largest absolute Gasteiger partial charge is 0.354 e. The smallest absolute Gasteiger partial charge is 0.264 e. The number of benzene rings is 2. The molecule has 0 unspecified atom stereocenters. The van der Waals surface area contributed by atoms with E-state index in [-0.39, 0.29) is 15.6 Å². The fourth-order valence-electron chi connectivity index (χ4n) is 3.33. The molecule has 2 aromatic carbocycles. The Bertz CT molecular complexity index is 967. The molecule has 0 radical (unpaired) electrons. The molecule has 0 aliphatic heterocycles. The minimum atomic E-state index is -4.04. The maximum atomic E-state index is 13.6. The number of nitrogens with zero attached hydrogens (tertiary/aromatic N) is 1. The summed E-state index contributed by atoms with van der Waals surface area (Å²) in [6, 6.07) is 11.4. The van der Waals surface area contributed by atoms with E-state index in [1.807, 2.05) is 11.8 Å². The lowest BCUT2D eigenvalue weighted by molar-refractivity contribution is -0.119. The monoisotopic (exact) mass is 470 g/mol. The normalized spacial score (nSPS) is 14.6. The summed E-state index contributed by atoms with van der Waals surface area (Å²) in [7, 11) is -4.04. The number of amides is 1. The van der Waals surface area contributed by atoms with Gasteiger partial charge >= 0.3 is 0 Å². The molecule has 0 heterocycles. The highest BCUT2D eigenvalue weighted by atomic mass is 35.5. The number of carbonyl (C=O) groups excluding carboxylic acids is 1.